The summed E-state index contributed by atoms with van der Waals surface area (Å²) in [4.78, 5) is 59.4. The maximum Gasteiger partial charge on any atom is 0.262 e. The number of imide groups is 2. The van der Waals surface area contributed by atoms with Crippen molar-refractivity contribution in [2.24, 2.45) is 0 Å². The molecule has 2 fully saturated rings. The zero-order valence-corrected chi connectivity index (χ0v) is 20.4. The van der Waals surface area contributed by atoms with Crippen LogP contribution in [-0.4, -0.2) is 70.6 Å². The van der Waals surface area contributed by atoms with Gasteiger partial charge in [0.2, 0.25) is 11.8 Å². The zero-order valence-electron chi connectivity index (χ0n) is 18.1. The molecule has 1 atom stereocenters. The molecule has 2 saturated heterocycles. The summed E-state index contributed by atoms with van der Waals surface area (Å²) in [6.07, 6.45) is 1.93. The van der Waals surface area contributed by atoms with Gasteiger partial charge in [-0.3, -0.25) is 34.3 Å². The van der Waals surface area contributed by atoms with E-state index in [9.17, 15) is 19.2 Å². The van der Waals surface area contributed by atoms with E-state index in [1.165, 1.54) is 0 Å². The molecule has 0 saturated carbocycles. The van der Waals surface area contributed by atoms with E-state index in [-0.39, 0.29) is 12.8 Å². The molecule has 0 bridgehead atoms. The van der Waals surface area contributed by atoms with Gasteiger partial charge in [-0.25, -0.2) is 4.98 Å². The zero-order chi connectivity index (χ0) is 24.0. The molecule has 11 heteroatoms. The van der Waals surface area contributed by atoms with Crippen LogP contribution in [0.2, 0.25) is 5.02 Å². The highest BCUT2D eigenvalue weighted by Crippen LogP contribution is 2.32. The van der Waals surface area contributed by atoms with Crippen molar-refractivity contribution in [3.8, 4) is 0 Å². The summed E-state index contributed by atoms with van der Waals surface area (Å²) in [7, 11) is 0. The Morgan fingerprint density at radius 1 is 1.03 bits per heavy atom. The summed E-state index contributed by atoms with van der Waals surface area (Å²) in [5.41, 5.74) is 1.51. The number of fused-ring (bicyclic) bond motifs is 1. The predicted octanol–water partition coefficient (Wildman–Crippen LogP) is 2.22. The van der Waals surface area contributed by atoms with Crippen LogP contribution in [0.4, 0.5) is 5.82 Å². The van der Waals surface area contributed by atoms with Gasteiger partial charge in [-0.1, -0.05) is 17.7 Å². The maximum atomic E-state index is 13.0. The van der Waals surface area contributed by atoms with Gasteiger partial charge < -0.3 is 4.90 Å². The summed E-state index contributed by atoms with van der Waals surface area (Å²) in [5.74, 6) is -1.15. The molecule has 0 aliphatic carbocycles. The minimum Gasteiger partial charge on any atom is -0.353 e. The van der Waals surface area contributed by atoms with Crippen LogP contribution < -0.4 is 10.2 Å². The van der Waals surface area contributed by atoms with Crippen molar-refractivity contribution in [1.29, 1.82) is 0 Å². The Kier molecular flexibility index (Phi) is 6.13. The summed E-state index contributed by atoms with van der Waals surface area (Å²) in [6, 6.07) is 6.02. The number of rotatable bonds is 4. The van der Waals surface area contributed by atoms with E-state index in [0.29, 0.717) is 22.7 Å². The fraction of sp³-hybridized carbons (Fsp3) is 0.348. The van der Waals surface area contributed by atoms with Gasteiger partial charge in [-0.15, -0.1) is 0 Å². The smallest absolute Gasteiger partial charge is 0.262 e. The van der Waals surface area contributed by atoms with E-state index in [1.54, 1.807) is 24.4 Å². The van der Waals surface area contributed by atoms with Crippen molar-refractivity contribution in [1.82, 2.24) is 20.1 Å². The number of amides is 4. The Morgan fingerprint density at radius 3 is 2.50 bits per heavy atom. The Morgan fingerprint density at radius 2 is 1.76 bits per heavy atom. The molecule has 0 radical (unpaired) electrons. The van der Waals surface area contributed by atoms with Crippen molar-refractivity contribution in [2.75, 3.05) is 31.1 Å². The highest BCUT2D eigenvalue weighted by Gasteiger charge is 2.44. The number of carbonyl (C=O) groups excluding carboxylic acids is 4. The van der Waals surface area contributed by atoms with Gasteiger partial charge in [0.15, 0.2) is 0 Å². The minimum absolute atomic E-state index is 0.0995. The normalized spacial score (nSPS) is 21.2. The van der Waals surface area contributed by atoms with Crippen molar-refractivity contribution < 1.29 is 19.2 Å². The lowest BCUT2D eigenvalue weighted by Crippen LogP contribution is -2.54. The topological polar surface area (TPSA) is 103 Å². The number of pyridine rings is 1. The average molecular weight is 547 g/mol. The number of carbonyl (C=O) groups is 4. The van der Waals surface area contributed by atoms with Gasteiger partial charge in [-0.05, 0) is 46.1 Å². The molecular weight excluding hydrogens is 526 g/mol. The molecule has 1 N–H and O–H groups in total. The van der Waals surface area contributed by atoms with Crippen LogP contribution in [-0.2, 0) is 16.1 Å². The van der Waals surface area contributed by atoms with Crippen LogP contribution in [0.1, 0.15) is 39.1 Å². The molecule has 5 rings (SSSR count). The second kappa shape index (κ2) is 9.09. The number of nitrogens with zero attached hydrogens (tertiary/aromatic N) is 4. The Bertz CT molecular complexity index is 1210. The van der Waals surface area contributed by atoms with Crippen molar-refractivity contribution in [3.63, 3.8) is 0 Å². The minimum atomic E-state index is -0.957. The first-order valence-corrected chi connectivity index (χ1v) is 12.1. The van der Waals surface area contributed by atoms with Crippen LogP contribution in [0, 0.1) is 0 Å². The fourth-order valence-corrected chi connectivity index (χ4v) is 5.25. The van der Waals surface area contributed by atoms with Crippen LogP contribution in [0.5, 0.6) is 0 Å². The first-order valence-electron chi connectivity index (χ1n) is 11.0. The van der Waals surface area contributed by atoms with Crippen molar-refractivity contribution in [2.45, 2.75) is 25.4 Å². The first kappa shape index (κ1) is 22.9. The standard InChI is InChI=1S/C23H21BrClN5O4/c24-19-16(25)5-6-26-20(19)29-9-7-28(8-10-29)12-13-1-2-14-15(11-13)23(34)30(22(14)33)17-3-4-18(31)27-21(17)32/h1-2,5-6,11,17H,3-4,7-10,12H2,(H,27,31,32). The maximum absolute atomic E-state index is 13.0. The highest BCUT2D eigenvalue weighted by atomic mass is 79.9. The number of piperidine rings is 1. The van der Waals surface area contributed by atoms with Crippen molar-refractivity contribution in [3.05, 3.63) is 56.6 Å². The summed E-state index contributed by atoms with van der Waals surface area (Å²) in [6.45, 7) is 3.78. The lowest BCUT2D eigenvalue weighted by Gasteiger charge is -2.36. The van der Waals surface area contributed by atoms with Gasteiger partial charge in [0.1, 0.15) is 11.9 Å². The monoisotopic (exact) mass is 545 g/mol. The van der Waals surface area contributed by atoms with Gasteiger partial charge in [0, 0.05) is 45.3 Å². The molecule has 2 aromatic rings. The number of halogens is 2. The molecule has 1 unspecified atom stereocenters. The van der Waals surface area contributed by atoms with E-state index in [0.717, 1.165) is 46.9 Å². The van der Waals surface area contributed by atoms with E-state index < -0.39 is 29.7 Å². The van der Waals surface area contributed by atoms with Gasteiger partial charge >= 0.3 is 0 Å². The number of aromatic nitrogens is 1. The van der Waals surface area contributed by atoms with Crippen LogP contribution >= 0.6 is 27.5 Å². The largest absolute Gasteiger partial charge is 0.353 e. The summed E-state index contributed by atoms with van der Waals surface area (Å²) < 4.78 is 0.785. The van der Waals surface area contributed by atoms with Gasteiger partial charge in [0.05, 0.1) is 20.6 Å². The lowest BCUT2D eigenvalue weighted by molar-refractivity contribution is -0.136. The van der Waals surface area contributed by atoms with Crippen molar-refractivity contribution >= 4 is 57.0 Å². The molecule has 1 aromatic heterocycles. The Hall–Kier alpha value is -2.82. The van der Waals surface area contributed by atoms with E-state index in [4.69, 9.17) is 11.6 Å². The predicted molar refractivity (Wildman–Crippen MR) is 128 cm³/mol. The Balaban J connectivity index is 1.26. The second-order valence-corrected chi connectivity index (χ2v) is 9.72. The van der Waals surface area contributed by atoms with Crippen LogP contribution in [0.15, 0.2) is 34.9 Å². The summed E-state index contributed by atoms with van der Waals surface area (Å²) in [5, 5.41) is 2.83. The molecule has 0 spiro atoms. The number of hydrogen-bond acceptors (Lipinski definition) is 7. The first-order chi connectivity index (χ1) is 16.3. The average Bonchev–Trinajstić information content (AvgIpc) is 3.06. The summed E-state index contributed by atoms with van der Waals surface area (Å²) >= 11 is 9.70. The third-order valence-corrected chi connectivity index (χ3v) is 7.73. The molecule has 3 aliphatic heterocycles. The molecule has 4 amide bonds. The van der Waals surface area contributed by atoms with Crippen LogP contribution in [0.3, 0.4) is 0 Å². The third kappa shape index (κ3) is 4.10. The quantitative estimate of drug-likeness (QED) is 0.587. The number of anilines is 1. The molecule has 4 heterocycles. The van der Waals surface area contributed by atoms with Gasteiger partial charge in [0.25, 0.3) is 11.8 Å². The molecular formula is C23H21BrClN5O4. The van der Waals surface area contributed by atoms with E-state index in [1.807, 2.05) is 6.07 Å². The number of nitrogens with one attached hydrogen (secondary N) is 1. The fourth-order valence-electron chi connectivity index (χ4n) is 4.62. The number of benzene rings is 1. The molecule has 9 nitrogen and oxygen atoms in total. The molecule has 176 valence electrons. The highest BCUT2D eigenvalue weighted by molar-refractivity contribution is 9.10. The molecule has 34 heavy (non-hydrogen) atoms. The lowest BCUT2D eigenvalue weighted by atomic mass is 10.0. The number of hydrogen-bond donors (Lipinski definition) is 1. The SMILES string of the molecule is O=C1CCC(N2C(=O)c3ccc(CN4CCN(c5nccc(Cl)c5Br)CC4)cc3C2=O)C(=O)N1. The third-order valence-electron chi connectivity index (χ3n) is 6.41. The second-order valence-electron chi connectivity index (χ2n) is 8.52. The van der Waals surface area contributed by atoms with E-state index in [2.05, 4.69) is 36.0 Å². The van der Waals surface area contributed by atoms with E-state index >= 15 is 0 Å². The Labute approximate surface area is 209 Å². The molecule has 3 aliphatic rings. The number of piperazine rings is 1. The van der Waals surface area contributed by atoms with Crippen LogP contribution in [0.25, 0.3) is 0 Å². The molecule has 1 aromatic carbocycles. The van der Waals surface area contributed by atoms with Gasteiger partial charge in [-0.2, -0.15) is 0 Å².